The Kier molecular flexibility index (Phi) is 3.25. The number of fused-ring (bicyclic) bond motifs is 1. The van der Waals surface area contributed by atoms with Crippen molar-refractivity contribution in [1.82, 2.24) is 5.32 Å². The molecule has 0 saturated carbocycles. The molecule has 1 amide bonds. The first-order valence-electron chi connectivity index (χ1n) is 5.50. The molecule has 1 aromatic carbocycles. The van der Waals surface area contributed by atoms with E-state index in [4.69, 9.17) is 4.42 Å². The van der Waals surface area contributed by atoms with Gasteiger partial charge in [0.05, 0.1) is 6.26 Å². The number of carbonyl (C=O) groups excluding carboxylic acids is 1. The number of amides is 1. The van der Waals surface area contributed by atoms with E-state index < -0.39 is 0 Å². The summed E-state index contributed by atoms with van der Waals surface area (Å²) in [6.45, 7) is 2.06. The number of furan rings is 1. The Bertz CT molecular complexity index is 475. The van der Waals surface area contributed by atoms with E-state index in [2.05, 4.69) is 12.2 Å². The van der Waals surface area contributed by atoms with E-state index in [0.29, 0.717) is 0 Å². The molecule has 1 heterocycles. The molecule has 2 aromatic rings. The maximum atomic E-state index is 10.4. The highest BCUT2D eigenvalue weighted by Gasteiger charge is 2.10. The molecule has 1 aromatic heterocycles. The molecule has 1 N–H and O–H groups in total. The summed E-state index contributed by atoms with van der Waals surface area (Å²) < 4.78 is 5.46. The summed E-state index contributed by atoms with van der Waals surface area (Å²) in [6.07, 6.45) is 4.26. The first-order chi connectivity index (χ1) is 7.85. The Morgan fingerprint density at radius 2 is 2.25 bits per heavy atom. The molecule has 0 fully saturated rings. The second-order valence-corrected chi connectivity index (χ2v) is 3.85. The minimum Gasteiger partial charge on any atom is -0.464 e. The molecule has 3 nitrogen and oxygen atoms in total. The lowest BCUT2D eigenvalue weighted by atomic mass is 10.0. The van der Waals surface area contributed by atoms with Crippen LogP contribution in [-0.2, 0) is 11.2 Å². The zero-order valence-electron chi connectivity index (χ0n) is 9.27. The third-order valence-corrected chi connectivity index (χ3v) is 2.82. The van der Waals surface area contributed by atoms with Gasteiger partial charge in [-0.05, 0) is 18.9 Å². The van der Waals surface area contributed by atoms with Crippen LogP contribution in [0.25, 0.3) is 11.0 Å². The number of nitrogens with one attached hydrogen (secondary N) is 1. The van der Waals surface area contributed by atoms with E-state index in [0.717, 1.165) is 35.8 Å². The summed E-state index contributed by atoms with van der Waals surface area (Å²) >= 11 is 0. The first-order valence-corrected chi connectivity index (χ1v) is 5.50. The molecule has 1 atom stereocenters. The van der Waals surface area contributed by atoms with Gasteiger partial charge in [0.25, 0.3) is 0 Å². The average Bonchev–Trinajstić information content (AvgIpc) is 2.72. The summed E-state index contributed by atoms with van der Waals surface area (Å²) in [4.78, 5) is 10.4. The minimum atomic E-state index is 0.179. The molecule has 3 heteroatoms. The third-order valence-electron chi connectivity index (χ3n) is 2.82. The largest absolute Gasteiger partial charge is 0.464 e. The number of carbonyl (C=O) groups is 1. The molecule has 2 rings (SSSR count). The van der Waals surface area contributed by atoms with Crippen LogP contribution in [0.5, 0.6) is 0 Å². The summed E-state index contributed by atoms with van der Waals surface area (Å²) in [5.41, 5.74) is 2.05. The molecular weight excluding hydrogens is 202 g/mol. The van der Waals surface area contributed by atoms with Crippen LogP contribution in [0.2, 0.25) is 0 Å². The minimum absolute atomic E-state index is 0.179. The molecule has 0 aliphatic carbocycles. The van der Waals surface area contributed by atoms with Crippen molar-refractivity contribution >= 4 is 17.4 Å². The number of hydrogen-bond donors (Lipinski definition) is 1. The highest BCUT2D eigenvalue weighted by molar-refractivity contribution is 5.80. The van der Waals surface area contributed by atoms with E-state index in [-0.39, 0.29) is 6.04 Å². The highest BCUT2D eigenvalue weighted by Crippen LogP contribution is 2.22. The molecule has 0 radical (unpaired) electrons. The van der Waals surface area contributed by atoms with E-state index in [9.17, 15) is 4.79 Å². The Balaban J connectivity index is 2.23. The highest BCUT2D eigenvalue weighted by atomic mass is 16.3. The van der Waals surface area contributed by atoms with Crippen LogP contribution in [0.15, 0.2) is 34.9 Å². The Hall–Kier alpha value is -1.77. The van der Waals surface area contributed by atoms with Crippen LogP contribution in [0.1, 0.15) is 18.9 Å². The lowest BCUT2D eigenvalue weighted by Gasteiger charge is -2.12. The predicted molar refractivity (Wildman–Crippen MR) is 63.2 cm³/mol. The van der Waals surface area contributed by atoms with E-state index in [1.807, 2.05) is 24.3 Å². The lowest BCUT2D eigenvalue weighted by molar-refractivity contribution is -0.110. The van der Waals surface area contributed by atoms with Crippen LogP contribution in [-0.4, -0.2) is 12.5 Å². The summed E-state index contributed by atoms with van der Waals surface area (Å²) in [5.74, 6) is 0. The molecule has 84 valence electrons. The zero-order chi connectivity index (χ0) is 11.4. The van der Waals surface area contributed by atoms with E-state index >= 15 is 0 Å². The summed E-state index contributed by atoms with van der Waals surface area (Å²) in [6, 6.07) is 8.12. The van der Waals surface area contributed by atoms with Gasteiger partial charge in [-0.3, -0.25) is 4.79 Å². The van der Waals surface area contributed by atoms with Crippen molar-refractivity contribution in [2.45, 2.75) is 25.8 Å². The number of rotatable bonds is 5. The maximum absolute atomic E-state index is 10.4. The maximum Gasteiger partial charge on any atom is 0.207 e. The van der Waals surface area contributed by atoms with Gasteiger partial charge >= 0.3 is 0 Å². The van der Waals surface area contributed by atoms with Crippen molar-refractivity contribution in [3.05, 3.63) is 36.1 Å². The van der Waals surface area contributed by atoms with E-state index in [1.165, 1.54) is 0 Å². The van der Waals surface area contributed by atoms with Crippen LogP contribution < -0.4 is 5.32 Å². The van der Waals surface area contributed by atoms with Crippen molar-refractivity contribution in [2.24, 2.45) is 0 Å². The molecular formula is C13H15NO2. The lowest BCUT2D eigenvalue weighted by Crippen LogP contribution is -2.28. The van der Waals surface area contributed by atoms with Gasteiger partial charge in [0.2, 0.25) is 6.41 Å². The van der Waals surface area contributed by atoms with Crippen molar-refractivity contribution in [3.63, 3.8) is 0 Å². The van der Waals surface area contributed by atoms with Gasteiger partial charge in [-0.15, -0.1) is 0 Å². The Morgan fingerprint density at radius 1 is 1.44 bits per heavy atom. The van der Waals surface area contributed by atoms with Gasteiger partial charge in [0, 0.05) is 17.0 Å². The molecule has 0 aliphatic rings. The number of benzene rings is 1. The number of hydrogen-bond acceptors (Lipinski definition) is 2. The molecule has 0 aliphatic heterocycles. The van der Waals surface area contributed by atoms with Crippen molar-refractivity contribution in [3.8, 4) is 0 Å². The topological polar surface area (TPSA) is 42.2 Å². The van der Waals surface area contributed by atoms with E-state index in [1.54, 1.807) is 6.26 Å². The SMILES string of the molecule is CCC(Cc1coc2ccccc12)NC=O. The smallest absolute Gasteiger partial charge is 0.207 e. The van der Waals surface area contributed by atoms with Crippen LogP contribution >= 0.6 is 0 Å². The third kappa shape index (κ3) is 2.08. The summed E-state index contributed by atoms with van der Waals surface area (Å²) in [7, 11) is 0. The average molecular weight is 217 g/mol. The monoisotopic (exact) mass is 217 g/mol. The van der Waals surface area contributed by atoms with Gasteiger partial charge < -0.3 is 9.73 Å². The van der Waals surface area contributed by atoms with Crippen molar-refractivity contribution in [1.29, 1.82) is 0 Å². The van der Waals surface area contributed by atoms with Gasteiger partial charge in [0.15, 0.2) is 0 Å². The fourth-order valence-corrected chi connectivity index (χ4v) is 1.87. The molecule has 0 spiro atoms. The van der Waals surface area contributed by atoms with Gasteiger partial charge in [0.1, 0.15) is 5.58 Å². The predicted octanol–water partition coefficient (Wildman–Crippen LogP) is 2.50. The molecule has 0 saturated heterocycles. The van der Waals surface area contributed by atoms with Gasteiger partial charge in [-0.25, -0.2) is 0 Å². The zero-order valence-corrected chi connectivity index (χ0v) is 9.27. The molecule has 0 bridgehead atoms. The fourth-order valence-electron chi connectivity index (χ4n) is 1.87. The van der Waals surface area contributed by atoms with Crippen molar-refractivity contribution < 1.29 is 9.21 Å². The first kappa shape index (κ1) is 10.7. The quantitative estimate of drug-likeness (QED) is 0.782. The van der Waals surface area contributed by atoms with Crippen LogP contribution in [0.3, 0.4) is 0 Å². The summed E-state index contributed by atoms with van der Waals surface area (Å²) in [5, 5.41) is 3.95. The van der Waals surface area contributed by atoms with Crippen LogP contribution in [0.4, 0.5) is 0 Å². The standard InChI is InChI=1S/C13H15NO2/c1-2-11(14-9-15)7-10-8-16-13-6-4-3-5-12(10)13/h3-6,8-9,11H,2,7H2,1H3,(H,14,15). The fraction of sp³-hybridized carbons (Fsp3) is 0.308. The van der Waals surface area contributed by atoms with Gasteiger partial charge in [-0.2, -0.15) is 0 Å². The molecule has 1 unspecified atom stereocenters. The normalized spacial score (nSPS) is 12.6. The van der Waals surface area contributed by atoms with Gasteiger partial charge in [-0.1, -0.05) is 25.1 Å². The van der Waals surface area contributed by atoms with Crippen LogP contribution in [0, 0.1) is 0 Å². The second kappa shape index (κ2) is 4.84. The molecule has 16 heavy (non-hydrogen) atoms. The second-order valence-electron chi connectivity index (χ2n) is 3.85. The number of para-hydroxylation sites is 1. The Labute approximate surface area is 94.4 Å². The Morgan fingerprint density at radius 3 is 3.00 bits per heavy atom. The van der Waals surface area contributed by atoms with Crippen molar-refractivity contribution in [2.75, 3.05) is 0 Å².